The summed E-state index contributed by atoms with van der Waals surface area (Å²) >= 11 is 0. The lowest BCUT2D eigenvalue weighted by molar-refractivity contribution is -0.153. The van der Waals surface area contributed by atoms with Crippen LogP contribution in [-0.2, 0) is 9.59 Å². The number of fused-ring (bicyclic) bond motifs is 1. The van der Waals surface area contributed by atoms with Crippen molar-refractivity contribution in [3.8, 4) is 0 Å². The smallest absolute Gasteiger partial charge is 0.315 e. The first-order valence-corrected chi connectivity index (χ1v) is 6.64. The quantitative estimate of drug-likeness (QED) is 0.749. The minimum absolute atomic E-state index is 0.186. The normalized spacial score (nSPS) is 30.5. The van der Waals surface area contributed by atoms with E-state index in [0.29, 0.717) is 12.0 Å². The third-order valence-electron chi connectivity index (χ3n) is 4.27. The summed E-state index contributed by atoms with van der Waals surface area (Å²) in [7, 11) is 0. The van der Waals surface area contributed by atoms with Crippen LogP contribution in [0.25, 0.3) is 0 Å². The standard InChI is InChI=1S/C13H21NO3/c1-9(13(16)17)12(15)14-8-4-6-10-5-2-3-7-11(10)14/h9-11H,2-8H2,1H3,(H,16,17)/t9?,10-,11-/m1/s1. The first-order valence-electron chi connectivity index (χ1n) is 6.64. The van der Waals surface area contributed by atoms with Crippen LogP contribution >= 0.6 is 0 Å². The van der Waals surface area contributed by atoms with Crippen molar-refractivity contribution in [2.75, 3.05) is 6.54 Å². The van der Waals surface area contributed by atoms with Gasteiger partial charge in [-0.05, 0) is 38.5 Å². The van der Waals surface area contributed by atoms with Gasteiger partial charge < -0.3 is 10.0 Å². The molecule has 2 aliphatic rings. The van der Waals surface area contributed by atoms with E-state index in [4.69, 9.17) is 5.11 Å². The van der Waals surface area contributed by atoms with Gasteiger partial charge in [-0.2, -0.15) is 0 Å². The van der Waals surface area contributed by atoms with Gasteiger partial charge in [-0.3, -0.25) is 9.59 Å². The molecule has 17 heavy (non-hydrogen) atoms. The van der Waals surface area contributed by atoms with Crippen LogP contribution in [0.1, 0.15) is 45.4 Å². The molecule has 3 atom stereocenters. The highest BCUT2D eigenvalue weighted by Crippen LogP contribution is 2.35. The number of aliphatic carboxylic acids is 1. The Labute approximate surface area is 102 Å². The molecule has 1 amide bonds. The molecule has 1 unspecified atom stereocenters. The number of carboxylic acid groups (broad SMARTS) is 1. The van der Waals surface area contributed by atoms with Gasteiger partial charge in [-0.15, -0.1) is 0 Å². The molecule has 0 bridgehead atoms. The van der Waals surface area contributed by atoms with Crippen molar-refractivity contribution in [3.63, 3.8) is 0 Å². The van der Waals surface area contributed by atoms with Gasteiger partial charge in [-0.1, -0.05) is 12.8 Å². The molecule has 1 aliphatic heterocycles. The molecule has 1 aliphatic carbocycles. The molecule has 0 aromatic heterocycles. The van der Waals surface area contributed by atoms with Crippen LogP contribution in [0, 0.1) is 11.8 Å². The van der Waals surface area contributed by atoms with E-state index in [1.165, 1.54) is 32.6 Å². The average molecular weight is 239 g/mol. The lowest BCUT2D eigenvalue weighted by atomic mass is 9.78. The van der Waals surface area contributed by atoms with E-state index in [0.717, 1.165) is 19.4 Å². The SMILES string of the molecule is CC(C(=O)O)C(=O)N1CCC[C@H]2CCCC[C@H]21. The molecule has 0 aromatic rings. The summed E-state index contributed by atoms with van der Waals surface area (Å²) in [6.45, 7) is 2.24. The zero-order valence-electron chi connectivity index (χ0n) is 10.4. The fraction of sp³-hybridized carbons (Fsp3) is 0.846. The number of nitrogens with zero attached hydrogens (tertiary/aromatic N) is 1. The monoisotopic (exact) mass is 239 g/mol. The number of likely N-dealkylation sites (tertiary alicyclic amines) is 1. The predicted molar refractivity (Wildman–Crippen MR) is 63.5 cm³/mol. The maximum Gasteiger partial charge on any atom is 0.315 e. The Kier molecular flexibility index (Phi) is 3.69. The van der Waals surface area contributed by atoms with Crippen LogP contribution in [0.15, 0.2) is 0 Å². The maximum absolute atomic E-state index is 12.1. The Morgan fingerprint density at radius 1 is 1.18 bits per heavy atom. The summed E-state index contributed by atoms with van der Waals surface area (Å²) in [5.74, 6) is -1.47. The number of carbonyl (C=O) groups is 2. The van der Waals surface area contributed by atoms with E-state index in [2.05, 4.69) is 0 Å². The van der Waals surface area contributed by atoms with E-state index in [-0.39, 0.29) is 5.91 Å². The highest BCUT2D eigenvalue weighted by atomic mass is 16.4. The third-order valence-corrected chi connectivity index (χ3v) is 4.27. The average Bonchev–Trinajstić information content (AvgIpc) is 2.36. The summed E-state index contributed by atoms with van der Waals surface area (Å²) in [6, 6.07) is 0.312. The van der Waals surface area contributed by atoms with E-state index < -0.39 is 11.9 Å². The number of hydrogen-bond acceptors (Lipinski definition) is 2. The zero-order valence-corrected chi connectivity index (χ0v) is 10.4. The lowest BCUT2D eigenvalue weighted by Gasteiger charge is -2.44. The third kappa shape index (κ3) is 2.45. The van der Waals surface area contributed by atoms with Crippen molar-refractivity contribution in [2.24, 2.45) is 11.8 Å². The van der Waals surface area contributed by atoms with Gasteiger partial charge in [0.1, 0.15) is 5.92 Å². The number of carboxylic acids is 1. The van der Waals surface area contributed by atoms with Gasteiger partial charge >= 0.3 is 5.97 Å². The van der Waals surface area contributed by atoms with E-state index in [1.54, 1.807) is 0 Å². The lowest BCUT2D eigenvalue weighted by Crippen LogP contribution is -2.52. The second-order valence-electron chi connectivity index (χ2n) is 5.35. The van der Waals surface area contributed by atoms with Crippen LogP contribution in [0.2, 0.25) is 0 Å². The van der Waals surface area contributed by atoms with Gasteiger partial charge in [0.05, 0.1) is 0 Å². The molecule has 2 fully saturated rings. The molecule has 0 spiro atoms. The predicted octanol–water partition coefficient (Wildman–Crippen LogP) is 1.89. The van der Waals surface area contributed by atoms with Crippen molar-refractivity contribution in [2.45, 2.75) is 51.5 Å². The fourth-order valence-corrected chi connectivity index (χ4v) is 3.25. The molecule has 1 saturated carbocycles. The molecule has 1 N–H and O–H groups in total. The molecular formula is C13H21NO3. The van der Waals surface area contributed by atoms with Crippen LogP contribution in [0.4, 0.5) is 0 Å². The first-order chi connectivity index (χ1) is 8.11. The summed E-state index contributed by atoms with van der Waals surface area (Å²) in [5.41, 5.74) is 0. The van der Waals surface area contributed by atoms with Crippen LogP contribution in [-0.4, -0.2) is 34.5 Å². The Morgan fingerprint density at radius 3 is 2.53 bits per heavy atom. The van der Waals surface area contributed by atoms with E-state index in [9.17, 15) is 9.59 Å². The zero-order chi connectivity index (χ0) is 12.4. The van der Waals surface area contributed by atoms with Crippen molar-refractivity contribution in [1.82, 2.24) is 4.90 Å². The van der Waals surface area contributed by atoms with Crippen LogP contribution in [0.5, 0.6) is 0 Å². The molecule has 2 rings (SSSR count). The van der Waals surface area contributed by atoms with Crippen molar-refractivity contribution < 1.29 is 14.7 Å². The molecule has 4 heteroatoms. The van der Waals surface area contributed by atoms with Gasteiger partial charge in [0.25, 0.3) is 0 Å². The largest absolute Gasteiger partial charge is 0.481 e. The summed E-state index contributed by atoms with van der Waals surface area (Å²) < 4.78 is 0. The molecule has 0 aromatic carbocycles. The number of carbonyl (C=O) groups excluding carboxylic acids is 1. The van der Waals surface area contributed by atoms with E-state index >= 15 is 0 Å². The first kappa shape index (κ1) is 12.4. The number of rotatable bonds is 2. The highest BCUT2D eigenvalue weighted by Gasteiger charge is 2.38. The molecule has 1 heterocycles. The topological polar surface area (TPSA) is 57.6 Å². The van der Waals surface area contributed by atoms with Gasteiger partial charge in [0.15, 0.2) is 0 Å². The maximum atomic E-state index is 12.1. The molecular weight excluding hydrogens is 218 g/mol. The minimum Gasteiger partial charge on any atom is -0.481 e. The van der Waals surface area contributed by atoms with Gasteiger partial charge in [0.2, 0.25) is 5.91 Å². The Bertz CT molecular complexity index is 314. The Hall–Kier alpha value is -1.06. The van der Waals surface area contributed by atoms with Crippen LogP contribution < -0.4 is 0 Å². The van der Waals surface area contributed by atoms with Crippen molar-refractivity contribution >= 4 is 11.9 Å². The number of piperidine rings is 1. The molecule has 1 saturated heterocycles. The van der Waals surface area contributed by atoms with Crippen LogP contribution in [0.3, 0.4) is 0 Å². The summed E-state index contributed by atoms with van der Waals surface area (Å²) in [6.07, 6.45) is 6.93. The number of hydrogen-bond donors (Lipinski definition) is 1. The second kappa shape index (κ2) is 5.07. The summed E-state index contributed by atoms with van der Waals surface area (Å²) in [4.78, 5) is 24.9. The van der Waals surface area contributed by atoms with E-state index in [1.807, 2.05) is 4.90 Å². The van der Waals surface area contributed by atoms with Gasteiger partial charge in [0, 0.05) is 12.6 Å². The highest BCUT2D eigenvalue weighted by molar-refractivity contribution is 5.96. The van der Waals surface area contributed by atoms with Crippen molar-refractivity contribution in [1.29, 1.82) is 0 Å². The molecule has 96 valence electrons. The van der Waals surface area contributed by atoms with Gasteiger partial charge in [-0.25, -0.2) is 0 Å². The summed E-state index contributed by atoms with van der Waals surface area (Å²) in [5, 5.41) is 8.93. The molecule has 4 nitrogen and oxygen atoms in total. The fourth-order valence-electron chi connectivity index (χ4n) is 3.25. The Balaban J connectivity index is 2.08. The van der Waals surface area contributed by atoms with Crippen molar-refractivity contribution in [3.05, 3.63) is 0 Å². The molecule has 0 radical (unpaired) electrons. The second-order valence-corrected chi connectivity index (χ2v) is 5.35. The Morgan fingerprint density at radius 2 is 1.82 bits per heavy atom. The number of amides is 1. The minimum atomic E-state index is -1.01.